The monoisotopic (exact) mass is 418 g/mol. The van der Waals surface area contributed by atoms with E-state index in [0.29, 0.717) is 29.3 Å². The van der Waals surface area contributed by atoms with Crippen LogP contribution >= 0.6 is 0 Å². The van der Waals surface area contributed by atoms with Crippen molar-refractivity contribution in [2.24, 2.45) is 58.2 Å². The zero-order valence-electron chi connectivity index (χ0n) is 20.6. The average Bonchev–Trinajstić information content (AvgIpc) is 3.05. The van der Waals surface area contributed by atoms with Gasteiger partial charge in [-0.3, -0.25) is 0 Å². The molecule has 10 atom stereocenters. The van der Waals surface area contributed by atoms with Gasteiger partial charge >= 0.3 is 0 Å². The van der Waals surface area contributed by atoms with Crippen LogP contribution in [0.5, 0.6) is 0 Å². The first-order valence-electron chi connectivity index (χ1n) is 13.5. The van der Waals surface area contributed by atoms with Crippen molar-refractivity contribution in [2.75, 3.05) is 6.61 Å². The van der Waals surface area contributed by atoms with Gasteiger partial charge in [0.05, 0.1) is 6.10 Å². The molecule has 0 aromatic rings. The number of hydrogen-bond acceptors (Lipinski definition) is 2. The van der Waals surface area contributed by atoms with E-state index in [1.54, 1.807) is 0 Å². The predicted molar refractivity (Wildman–Crippen MR) is 125 cm³/mol. The minimum absolute atomic E-state index is 0.134. The molecule has 2 heteroatoms. The first kappa shape index (κ1) is 23.1. The molecular formula is C28H50O2. The molecule has 0 amide bonds. The Bertz CT molecular complexity index is 587. The molecule has 2 N–H and O–H groups in total. The van der Waals surface area contributed by atoms with Gasteiger partial charge < -0.3 is 10.2 Å². The Morgan fingerprint density at radius 2 is 1.53 bits per heavy atom. The second-order valence-electron chi connectivity index (χ2n) is 13.1. The smallest absolute Gasteiger partial charge is 0.0543 e. The number of aliphatic hydroxyl groups is 2. The Hall–Kier alpha value is -0.0800. The van der Waals surface area contributed by atoms with Crippen LogP contribution in [0.2, 0.25) is 0 Å². The lowest BCUT2D eigenvalue weighted by Gasteiger charge is -2.63. The molecule has 4 aliphatic carbocycles. The Morgan fingerprint density at radius 3 is 2.23 bits per heavy atom. The maximum atomic E-state index is 10.4. The van der Waals surface area contributed by atoms with Crippen LogP contribution in [0.3, 0.4) is 0 Å². The lowest BCUT2D eigenvalue weighted by Crippen LogP contribution is -2.57. The van der Waals surface area contributed by atoms with Crippen molar-refractivity contribution in [3.05, 3.63) is 0 Å². The maximum Gasteiger partial charge on any atom is 0.0543 e. The zero-order chi connectivity index (χ0) is 21.7. The molecule has 0 aliphatic heterocycles. The Labute approximate surface area is 186 Å². The third-order valence-electron chi connectivity index (χ3n) is 11.3. The molecule has 2 nitrogen and oxygen atoms in total. The summed E-state index contributed by atoms with van der Waals surface area (Å²) in [5, 5.41) is 20.7. The first-order valence-corrected chi connectivity index (χ1v) is 13.5. The molecule has 4 fully saturated rings. The van der Waals surface area contributed by atoms with Crippen LogP contribution in [-0.2, 0) is 0 Å². The van der Waals surface area contributed by atoms with E-state index < -0.39 is 0 Å². The Balaban J connectivity index is 1.52. The van der Waals surface area contributed by atoms with Gasteiger partial charge in [-0.15, -0.1) is 0 Å². The first-order chi connectivity index (χ1) is 14.2. The Kier molecular flexibility index (Phi) is 6.69. The summed E-state index contributed by atoms with van der Waals surface area (Å²) < 4.78 is 0. The third kappa shape index (κ3) is 3.81. The normalized spacial score (nSPS) is 49.4. The van der Waals surface area contributed by atoms with Crippen molar-refractivity contribution in [3.8, 4) is 0 Å². The highest BCUT2D eigenvalue weighted by molar-refractivity contribution is 5.11. The molecule has 0 heterocycles. The van der Waals surface area contributed by atoms with E-state index in [2.05, 4.69) is 34.6 Å². The van der Waals surface area contributed by atoms with Crippen LogP contribution in [-0.4, -0.2) is 22.9 Å². The average molecular weight is 419 g/mol. The van der Waals surface area contributed by atoms with Crippen LogP contribution in [0.15, 0.2) is 0 Å². The van der Waals surface area contributed by atoms with Gasteiger partial charge in [0.2, 0.25) is 0 Å². The van der Waals surface area contributed by atoms with Crippen molar-refractivity contribution in [2.45, 2.75) is 111 Å². The van der Waals surface area contributed by atoms with Crippen LogP contribution in [0.25, 0.3) is 0 Å². The fourth-order valence-corrected chi connectivity index (χ4v) is 9.71. The van der Waals surface area contributed by atoms with Gasteiger partial charge in [0, 0.05) is 6.61 Å². The molecular weight excluding hydrogens is 368 g/mol. The summed E-state index contributed by atoms with van der Waals surface area (Å²) in [6.07, 6.45) is 14.1. The highest BCUT2D eigenvalue weighted by Gasteiger charge is 2.62. The van der Waals surface area contributed by atoms with Crippen LogP contribution in [0.1, 0.15) is 105 Å². The molecule has 174 valence electrons. The number of rotatable bonds is 6. The number of hydrogen-bond donors (Lipinski definition) is 2. The van der Waals surface area contributed by atoms with E-state index in [4.69, 9.17) is 0 Å². The van der Waals surface area contributed by atoms with E-state index >= 15 is 0 Å². The Morgan fingerprint density at radius 1 is 0.833 bits per heavy atom. The lowest BCUT2D eigenvalue weighted by atomic mass is 9.42. The van der Waals surface area contributed by atoms with Gasteiger partial charge in [-0.2, -0.15) is 0 Å². The topological polar surface area (TPSA) is 40.5 Å². The van der Waals surface area contributed by atoms with Crippen molar-refractivity contribution >= 4 is 0 Å². The molecule has 0 saturated heterocycles. The van der Waals surface area contributed by atoms with Crippen LogP contribution < -0.4 is 0 Å². The van der Waals surface area contributed by atoms with E-state index in [0.717, 1.165) is 48.3 Å². The van der Waals surface area contributed by atoms with Crippen molar-refractivity contribution in [1.82, 2.24) is 0 Å². The SMILES string of the molecule is CC(C)CCC[C@@H](C)[C@H]1CC[C@H]2[C@@H]3C[C@@H](CO)[C@H]4C[C@@H](O)CC[C@]4(C)[C@H]3CC[C@]12C. The number of fused-ring (bicyclic) bond motifs is 5. The minimum atomic E-state index is -0.134. The highest BCUT2D eigenvalue weighted by atomic mass is 16.3. The predicted octanol–water partition coefficient (Wildman–Crippen LogP) is 6.69. The van der Waals surface area contributed by atoms with Gasteiger partial charge in [-0.1, -0.05) is 53.9 Å². The van der Waals surface area contributed by atoms with Gasteiger partial charge in [0.1, 0.15) is 0 Å². The van der Waals surface area contributed by atoms with Crippen molar-refractivity contribution in [3.63, 3.8) is 0 Å². The summed E-state index contributed by atoms with van der Waals surface area (Å²) in [6, 6.07) is 0. The molecule has 0 bridgehead atoms. The lowest BCUT2D eigenvalue weighted by molar-refractivity contribution is -0.158. The third-order valence-corrected chi connectivity index (χ3v) is 11.3. The molecule has 4 saturated carbocycles. The molecule has 0 spiro atoms. The molecule has 0 unspecified atom stereocenters. The van der Waals surface area contributed by atoms with Gasteiger partial charge in [0.15, 0.2) is 0 Å². The number of aliphatic hydroxyl groups excluding tert-OH is 2. The molecule has 0 aromatic carbocycles. The molecule has 4 aliphatic rings. The van der Waals surface area contributed by atoms with E-state index in [9.17, 15) is 10.2 Å². The van der Waals surface area contributed by atoms with Gasteiger partial charge in [0.25, 0.3) is 0 Å². The summed E-state index contributed by atoms with van der Waals surface area (Å²) in [4.78, 5) is 0. The second-order valence-corrected chi connectivity index (χ2v) is 13.1. The largest absolute Gasteiger partial charge is 0.396 e. The van der Waals surface area contributed by atoms with Gasteiger partial charge in [-0.05, 0) is 110 Å². The highest BCUT2D eigenvalue weighted by Crippen LogP contribution is 2.69. The fourth-order valence-electron chi connectivity index (χ4n) is 9.71. The summed E-state index contributed by atoms with van der Waals surface area (Å²) in [7, 11) is 0. The van der Waals surface area contributed by atoms with E-state index in [-0.39, 0.29) is 6.10 Å². The molecule has 4 rings (SSSR count). The second kappa shape index (κ2) is 8.69. The van der Waals surface area contributed by atoms with Crippen LogP contribution in [0, 0.1) is 58.2 Å². The molecule has 0 radical (unpaired) electrons. The van der Waals surface area contributed by atoms with Crippen molar-refractivity contribution < 1.29 is 10.2 Å². The van der Waals surface area contributed by atoms with E-state index in [1.165, 1.54) is 57.8 Å². The zero-order valence-corrected chi connectivity index (χ0v) is 20.6. The summed E-state index contributed by atoms with van der Waals surface area (Å²) >= 11 is 0. The van der Waals surface area contributed by atoms with Crippen LogP contribution in [0.4, 0.5) is 0 Å². The van der Waals surface area contributed by atoms with Crippen molar-refractivity contribution in [1.29, 1.82) is 0 Å². The quantitative estimate of drug-likeness (QED) is 0.504. The molecule has 0 aromatic heterocycles. The molecule has 30 heavy (non-hydrogen) atoms. The summed E-state index contributed by atoms with van der Waals surface area (Å²) in [5.41, 5.74) is 0.869. The van der Waals surface area contributed by atoms with E-state index in [1.807, 2.05) is 0 Å². The standard InChI is InChI=1S/C28H50O2/c1-18(2)7-6-8-19(3)23-9-10-24-22-15-20(17-29)26-16-21(30)11-13-28(26,5)25(22)12-14-27(23,24)4/h18-26,29-30H,6-17H2,1-5H3/t19-,20+,21+,22+,23-,24+,25+,26-,27-,28-/m1/s1. The minimum Gasteiger partial charge on any atom is -0.396 e. The maximum absolute atomic E-state index is 10.4. The summed E-state index contributed by atoms with van der Waals surface area (Å²) in [5.74, 6) is 6.05. The van der Waals surface area contributed by atoms with Gasteiger partial charge in [-0.25, -0.2) is 0 Å². The summed E-state index contributed by atoms with van der Waals surface area (Å²) in [6.45, 7) is 12.8. The fraction of sp³-hybridized carbons (Fsp3) is 1.00.